The number of benzene rings is 1. The minimum Gasteiger partial charge on any atom is -0.392 e. The Morgan fingerprint density at radius 1 is 1.50 bits per heavy atom. The summed E-state index contributed by atoms with van der Waals surface area (Å²) in [6.45, 7) is 1.51. The molecule has 3 nitrogen and oxygen atoms in total. The highest BCUT2D eigenvalue weighted by Crippen LogP contribution is 2.16. The van der Waals surface area contributed by atoms with E-state index in [1.807, 2.05) is 0 Å². The van der Waals surface area contributed by atoms with Gasteiger partial charge in [0.25, 0.3) is 5.91 Å². The van der Waals surface area contributed by atoms with Gasteiger partial charge < -0.3 is 10.4 Å². The van der Waals surface area contributed by atoms with Gasteiger partial charge in [-0.25, -0.2) is 8.78 Å². The third-order valence-electron chi connectivity index (χ3n) is 1.81. The molecular weight excluding hydrogens is 331 g/mol. The van der Waals surface area contributed by atoms with Crippen molar-refractivity contribution < 1.29 is 18.7 Å². The highest BCUT2D eigenvalue weighted by molar-refractivity contribution is 14.1. The van der Waals surface area contributed by atoms with Gasteiger partial charge in [-0.1, -0.05) is 0 Å². The summed E-state index contributed by atoms with van der Waals surface area (Å²) in [6, 6.07) is 1.79. The summed E-state index contributed by atoms with van der Waals surface area (Å²) >= 11 is 1.67. The van der Waals surface area contributed by atoms with Crippen LogP contribution in [-0.2, 0) is 0 Å². The monoisotopic (exact) mass is 341 g/mol. The minimum absolute atomic E-state index is 0.0201. The molecule has 0 radical (unpaired) electrons. The van der Waals surface area contributed by atoms with Crippen LogP contribution in [0.25, 0.3) is 0 Å². The van der Waals surface area contributed by atoms with Crippen LogP contribution < -0.4 is 5.32 Å². The Bertz CT molecular complexity index is 410. The Hall–Kier alpha value is -0.760. The zero-order chi connectivity index (χ0) is 12.3. The average Bonchev–Trinajstić information content (AvgIpc) is 2.20. The molecule has 0 heterocycles. The summed E-state index contributed by atoms with van der Waals surface area (Å²) in [5.41, 5.74) is -0.230. The third-order valence-corrected chi connectivity index (χ3v) is 2.64. The van der Waals surface area contributed by atoms with Crippen LogP contribution >= 0.6 is 22.6 Å². The van der Waals surface area contributed by atoms with Gasteiger partial charge in [0, 0.05) is 16.2 Å². The van der Waals surface area contributed by atoms with E-state index < -0.39 is 23.6 Å². The van der Waals surface area contributed by atoms with Gasteiger partial charge >= 0.3 is 0 Å². The first kappa shape index (κ1) is 13.3. The average molecular weight is 341 g/mol. The van der Waals surface area contributed by atoms with Crippen LogP contribution in [0.5, 0.6) is 0 Å². The predicted molar refractivity (Wildman–Crippen MR) is 63.1 cm³/mol. The van der Waals surface area contributed by atoms with Crippen LogP contribution in [0.3, 0.4) is 0 Å². The van der Waals surface area contributed by atoms with Gasteiger partial charge in [-0.05, 0) is 35.6 Å². The molecule has 0 aromatic heterocycles. The number of carbonyl (C=O) groups is 1. The van der Waals surface area contributed by atoms with E-state index >= 15 is 0 Å². The molecule has 1 aromatic rings. The molecule has 0 aliphatic heterocycles. The maximum atomic E-state index is 13.2. The lowest BCUT2D eigenvalue weighted by Gasteiger charge is -2.08. The molecule has 0 bridgehead atoms. The lowest BCUT2D eigenvalue weighted by Crippen LogP contribution is -2.31. The van der Waals surface area contributed by atoms with E-state index in [0.29, 0.717) is 6.07 Å². The fraction of sp³-hybridized carbons (Fsp3) is 0.300. The van der Waals surface area contributed by atoms with Crippen molar-refractivity contribution >= 4 is 28.5 Å². The summed E-state index contributed by atoms with van der Waals surface area (Å²) in [5, 5.41) is 11.3. The quantitative estimate of drug-likeness (QED) is 0.649. The van der Waals surface area contributed by atoms with Gasteiger partial charge in [0.1, 0.15) is 11.6 Å². The highest BCUT2D eigenvalue weighted by atomic mass is 127. The van der Waals surface area contributed by atoms with E-state index in [4.69, 9.17) is 5.11 Å². The van der Waals surface area contributed by atoms with Crippen molar-refractivity contribution in [2.45, 2.75) is 13.0 Å². The molecule has 1 amide bonds. The summed E-state index contributed by atoms with van der Waals surface area (Å²) in [5.74, 6) is -2.29. The van der Waals surface area contributed by atoms with Crippen LogP contribution in [0.15, 0.2) is 12.1 Å². The number of aliphatic hydroxyl groups excluding tert-OH is 1. The largest absolute Gasteiger partial charge is 0.392 e. The van der Waals surface area contributed by atoms with Crippen molar-refractivity contribution in [1.82, 2.24) is 5.32 Å². The van der Waals surface area contributed by atoms with Crippen molar-refractivity contribution in [1.29, 1.82) is 0 Å². The van der Waals surface area contributed by atoms with Gasteiger partial charge in [0.15, 0.2) is 0 Å². The Labute approximate surface area is 105 Å². The molecule has 0 aliphatic rings. The van der Waals surface area contributed by atoms with Gasteiger partial charge in [0.2, 0.25) is 0 Å². The predicted octanol–water partition coefficient (Wildman–Crippen LogP) is 1.68. The maximum Gasteiger partial charge on any atom is 0.254 e. The van der Waals surface area contributed by atoms with E-state index in [0.717, 1.165) is 6.07 Å². The Morgan fingerprint density at radius 2 is 2.12 bits per heavy atom. The molecular formula is C10H10F2INO2. The normalized spacial score (nSPS) is 12.3. The number of hydrogen-bond acceptors (Lipinski definition) is 2. The maximum absolute atomic E-state index is 13.2. The van der Waals surface area contributed by atoms with Crippen LogP contribution in [0.2, 0.25) is 0 Å². The topological polar surface area (TPSA) is 49.3 Å². The second-order valence-corrected chi connectivity index (χ2v) is 4.47. The molecule has 1 rings (SSSR count). The molecule has 16 heavy (non-hydrogen) atoms. The van der Waals surface area contributed by atoms with Crippen molar-refractivity contribution in [3.05, 3.63) is 32.9 Å². The standard InChI is InChI=1S/C10H10F2INO2/c1-5(15)4-14-10(16)6-2-9(13)8(12)3-7(6)11/h2-3,5,15H,4H2,1H3,(H,14,16). The third kappa shape index (κ3) is 3.38. The summed E-state index contributed by atoms with van der Waals surface area (Å²) in [4.78, 5) is 11.4. The van der Waals surface area contributed by atoms with E-state index in [2.05, 4.69) is 5.32 Å². The number of hydrogen-bond donors (Lipinski definition) is 2. The summed E-state index contributed by atoms with van der Waals surface area (Å²) < 4.78 is 26.3. The SMILES string of the molecule is CC(O)CNC(=O)c1cc(I)c(F)cc1F. The zero-order valence-corrected chi connectivity index (χ0v) is 10.6. The van der Waals surface area contributed by atoms with Gasteiger partial charge in [-0.2, -0.15) is 0 Å². The first-order chi connectivity index (χ1) is 7.41. The first-order valence-electron chi connectivity index (χ1n) is 4.52. The van der Waals surface area contributed by atoms with Gasteiger partial charge in [0.05, 0.1) is 11.7 Å². The number of rotatable bonds is 3. The van der Waals surface area contributed by atoms with Crippen LogP contribution in [0.1, 0.15) is 17.3 Å². The van der Waals surface area contributed by atoms with E-state index in [-0.39, 0.29) is 15.7 Å². The summed E-state index contributed by atoms with van der Waals surface area (Å²) in [7, 11) is 0. The number of amides is 1. The van der Waals surface area contributed by atoms with Crippen LogP contribution in [0, 0.1) is 15.2 Å². The van der Waals surface area contributed by atoms with Crippen molar-refractivity contribution in [2.75, 3.05) is 6.54 Å². The highest BCUT2D eigenvalue weighted by Gasteiger charge is 2.15. The Balaban J connectivity index is 2.87. The number of nitrogens with one attached hydrogen (secondary N) is 1. The number of aliphatic hydroxyl groups is 1. The molecule has 0 spiro atoms. The molecule has 1 unspecified atom stereocenters. The second-order valence-electron chi connectivity index (χ2n) is 3.31. The molecule has 6 heteroatoms. The second kappa shape index (κ2) is 5.53. The zero-order valence-electron chi connectivity index (χ0n) is 8.43. The Morgan fingerprint density at radius 3 is 2.69 bits per heavy atom. The fourth-order valence-electron chi connectivity index (χ4n) is 1.03. The van der Waals surface area contributed by atoms with Crippen molar-refractivity contribution in [2.24, 2.45) is 0 Å². The lowest BCUT2D eigenvalue weighted by molar-refractivity contribution is 0.0920. The molecule has 88 valence electrons. The molecule has 1 aromatic carbocycles. The van der Waals surface area contributed by atoms with Crippen molar-refractivity contribution in [3.63, 3.8) is 0 Å². The van der Waals surface area contributed by atoms with Crippen LogP contribution in [-0.4, -0.2) is 23.7 Å². The van der Waals surface area contributed by atoms with E-state index in [9.17, 15) is 13.6 Å². The lowest BCUT2D eigenvalue weighted by atomic mass is 10.2. The first-order valence-corrected chi connectivity index (χ1v) is 5.60. The molecule has 1 atom stereocenters. The van der Waals surface area contributed by atoms with E-state index in [1.54, 1.807) is 22.6 Å². The van der Waals surface area contributed by atoms with Gasteiger partial charge in [-0.3, -0.25) is 4.79 Å². The smallest absolute Gasteiger partial charge is 0.254 e. The van der Waals surface area contributed by atoms with E-state index in [1.165, 1.54) is 6.92 Å². The molecule has 0 fully saturated rings. The minimum atomic E-state index is -0.916. The number of carbonyl (C=O) groups excluding carboxylic acids is 1. The van der Waals surface area contributed by atoms with Crippen LogP contribution in [0.4, 0.5) is 8.78 Å². The molecule has 2 N–H and O–H groups in total. The Kier molecular flexibility index (Phi) is 4.60. The molecule has 0 saturated heterocycles. The summed E-state index contributed by atoms with van der Waals surface area (Å²) in [6.07, 6.45) is -0.716. The molecule has 0 aliphatic carbocycles. The fourth-order valence-corrected chi connectivity index (χ4v) is 1.50. The van der Waals surface area contributed by atoms with Gasteiger partial charge in [-0.15, -0.1) is 0 Å². The molecule has 0 saturated carbocycles. The van der Waals surface area contributed by atoms with Crippen molar-refractivity contribution in [3.8, 4) is 0 Å². The number of halogens is 3.